The second-order valence-electron chi connectivity index (χ2n) is 0.126. The van der Waals surface area contributed by atoms with Crippen LogP contribution in [0.5, 0.6) is 0 Å². The van der Waals surface area contributed by atoms with E-state index in [2.05, 4.69) is 0 Å². The molecule has 0 heterocycles. The summed E-state index contributed by atoms with van der Waals surface area (Å²) in [5.74, 6) is 0. The molecular formula is CCl2S2. The fourth-order valence-electron chi connectivity index (χ4n) is 0. The summed E-state index contributed by atoms with van der Waals surface area (Å²) < 4.78 is 0. The van der Waals surface area contributed by atoms with Crippen molar-refractivity contribution in [3.05, 3.63) is 7.43 Å². The Kier molecular flexibility index (Phi) is 17.2. The van der Waals surface area contributed by atoms with Crippen LogP contribution in [0.25, 0.3) is 0 Å². The summed E-state index contributed by atoms with van der Waals surface area (Å²) in [7, 11) is 11.9. The molecule has 0 saturated heterocycles. The maximum atomic E-state index is 4.93. The zero-order valence-electron chi connectivity index (χ0n) is 2.07. The summed E-state index contributed by atoms with van der Waals surface area (Å²) in [4.78, 5) is 0. The highest BCUT2D eigenvalue weighted by Crippen LogP contribution is 2.28. The van der Waals surface area contributed by atoms with E-state index < -0.39 is 0 Å². The van der Waals surface area contributed by atoms with Crippen LogP contribution in [0.15, 0.2) is 0 Å². The lowest BCUT2D eigenvalue weighted by molar-refractivity contribution is 3.24. The molecule has 0 saturated carbocycles. The van der Waals surface area contributed by atoms with Crippen molar-refractivity contribution in [2.45, 2.75) is 0 Å². The minimum Gasteiger partial charge on any atom is -0.0305 e. The first-order chi connectivity index (χ1) is 1.91. The van der Waals surface area contributed by atoms with Gasteiger partial charge in [-0.3, -0.25) is 0 Å². The lowest BCUT2D eigenvalue weighted by Gasteiger charge is -1.60. The Morgan fingerprint density at radius 3 is 1.20 bits per heavy atom. The Labute approximate surface area is 49.0 Å². The summed E-state index contributed by atoms with van der Waals surface area (Å²) in [6, 6.07) is 0. The summed E-state index contributed by atoms with van der Waals surface area (Å²) in [5.41, 5.74) is 0. The first-order valence-electron chi connectivity index (χ1n) is 0.475. The van der Waals surface area contributed by atoms with Crippen molar-refractivity contribution in [1.82, 2.24) is 0 Å². The number of hydrogen-bond acceptors (Lipinski definition) is 2. The Hall–Kier alpha value is 1.28. The summed E-state index contributed by atoms with van der Waals surface area (Å²) in [6.45, 7) is 0. The van der Waals surface area contributed by atoms with Crippen molar-refractivity contribution < 1.29 is 0 Å². The zero-order chi connectivity index (χ0) is 3.41. The fraction of sp³-hybridized carbons (Fsp3) is 0. The average molecular weight is 147 g/mol. The lowest BCUT2D eigenvalue weighted by Crippen LogP contribution is -0.958. The van der Waals surface area contributed by atoms with E-state index in [0.29, 0.717) is 0 Å². The standard InChI is InChI=1S/C.Cl2S2/c;1-3-4-2. The highest BCUT2D eigenvalue weighted by Gasteiger charge is 1.63. The van der Waals surface area contributed by atoms with Crippen molar-refractivity contribution in [3.8, 4) is 0 Å². The van der Waals surface area contributed by atoms with Crippen molar-refractivity contribution in [2.75, 3.05) is 0 Å². The minimum absolute atomic E-state index is 0. The van der Waals surface area contributed by atoms with Crippen molar-refractivity contribution in [2.24, 2.45) is 0 Å². The molecule has 0 spiro atoms. The first-order valence-corrected chi connectivity index (χ1v) is 4.28. The molecule has 0 N–H and O–H groups in total. The van der Waals surface area contributed by atoms with E-state index in [-0.39, 0.29) is 7.43 Å². The van der Waals surface area contributed by atoms with E-state index in [4.69, 9.17) is 21.4 Å². The predicted molar refractivity (Wildman–Crippen MR) is 30.1 cm³/mol. The van der Waals surface area contributed by atoms with Gasteiger partial charge >= 0.3 is 0 Å². The Bertz CT molecular complexity index is 9.61. The molecule has 0 aliphatic rings. The molecule has 4 radical (unpaired) electrons. The topological polar surface area (TPSA) is 0 Å². The molecule has 0 aromatic heterocycles. The maximum Gasteiger partial charge on any atom is 0.0305 e. The molecule has 0 nitrogen and oxygen atoms in total. The molecule has 0 unspecified atom stereocenters. The van der Waals surface area contributed by atoms with E-state index in [1.807, 2.05) is 0 Å². The molecule has 0 aliphatic heterocycles. The van der Waals surface area contributed by atoms with Crippen molar-refractivity contribution in [1.29, 1.82) is 0 Å². The second kappa shape index (κ2) is 8.99. The normalized spacial score (nSPS) is 6.00. The van der Waals surface area contributed by atoms with Gasteiger partial charge in [0.25, 0.3) is 0 Å². The summed E-state index contributed by atoms with van der Waals surface area (Å²) >= 11 is 0. The zero-order valence-corrected chi connectivity index (χ0v) is 5.22. The molecule has 0 atom stereocenters. The van der Waals surface area contributed by atoms with Crippen LogP contribution in [0.1, 0.15) is 0 Å². The van der Waals surface area contributed by atoms with Crippen molar-refractivity contribution in [3.63, 3.8) is 0 Å². The predicted octanol–water partition coefficient (Wildman–Crippen LogP) is 2.76. The average Bonchev–Trinajstić information content (AvgIpc) is 1.37. The van der Waals surface area contributed by atoms with Crippen LogP contribution in [0, 0.1) is 7.43 Å². The van der Waals surface area contributed by atoms with E-state index in [1.165, 1.54) is 0 Å². The van der Waals surface area contributed by atoms with Gasteiger partial charge in [0.1, 0.15) is 0 Å². The summed E-state index contributed by atoms with van der Waals surface area (Å²) in [6.07, 6.45) is 0. The van der Waals surface area contributed by atoms with Gasteiger partial charge in [0, 0.05) is 27.4 Å². The van der Waals surface area contributed by atoms with E-state index >= 15 is 0 Å². The Balaban J connectivity index is 0. The van der Waals surface area contributed by atoms with Gasteiger partial charge in [-0.25, -0.2) is 0 Å². The monoisotopic (exact) mass is 146 g/mol. The van der Waals surface area contributed by atoms with E-state index in [1.54, 1.807) is 0 Å². The van der Waals surface area contributed by atoms with Gasteiger partial charge in [-0.2, -0.15) is 0 Å². The first kappa shape index (κ1) is 9.56. The molecule has 0 aromatic carbocycles. The van der Waals surface area contributed by atoms with Crippen LogP contribution in [0.3, 0.4) is 0 Å². The number of halogens is 2. The van der Waals surface area contributed by atoms with Gasteiger partial charge < -0.3 is 0 Å². The van der Waals surface area contributed by atoms with Gasteiger partial charge in [0.2, 0.25) is 0 Å². The van der Waals surface area contributed by atoms with Crippen LogP contribution in [0.4, 0.5) is 0 Å². The van der Waals surface area contributed by atoms with Crippen LogP contribution < -0.4 is 0 Å². The third kappa shape index (κ3) is 10.9. The van der Waals surface area contributed by atoms with Crippen LogP contribution in [0.2, 0.25) is 0 Å². The highest BCUT2D eigenvalue weighted by atomic mass is 35.8. The molecule has 0 aliphatic carbocycles. The molecule has 0 rings (SSSR count). The van der Waals surface area contributed by atoms with Gasteiger partial charge in [0.15, 0.2) is 0 Å². The Morgan fingerprint density at radius 2 is 1.20 bits per heavy atom. The van der Waals surface area contributed by atoms with Crippen molar-refractivity contribution >= 4 is 41.4 Å². The summed E-state index contributed by atoms with van der Waals surface area (Å²) in [5, 5.41) is 0. The molecule has 0 amide bonds. The molecule has 4 heteroatoms. The molecule has 0 fully saturated rings. The van der Waals surface area contributed by atoms with E-state index in [0.717, 1.165) is 20.0 Å². The quantitative estimate of drug-likeness (QED) is 0.523. The Morgan fingerprint density at radius 1 is 1.00 bits per heavy atom. The van der Waals surface area contributed by atoms with E-state index in [9.17, 15) is 0 Å². The molecule has 30 valence electrons. The largest absolute Gasteiger partial charge is 0.0305 e. The highest BCUT2D eigenvalue weighted by molar-refractivity contribution is 8.92. The maximum absolute atomic E-state index is 4.93. The van der Waals surface area contributed by atoms with Gasteiger partial charge in [-0.1, -0.05) is 0 Å². The number of hydrogen-bond donors (Lipinski definition) is 0. The molecule has 0 aromatic rings. The third-order valence-corrected chi connectivity index (χ3v) is 1.93. The lowest BCUT2D eigenvalue weighted by atomic mass is 12.0. The minimum atomic E-state index is 0. The smallest absolute Gasteiger partial charge is 0.0305 e. The van der Waals surface area contributed by atoms with Crippen LogP contribution >= 0.6 is 41.4 Å². The molecular weight excluding hydrogens is 147 g/mol. The number of rotatable bonds is 1. The third-order valence-electron chi connectivity index (χ3n) is 0.0238. The van der Waals surface area contributed by atoms with Gasteiger partial charge in [0.05, 0.1) is 0 Å². The fourth-order valence-corrected chi connectivity index (χ4v) is 0. The van der Waals surface area contributed by atoms with Crippen LogP contribution in [-0.4, -0.2) is 0 Å². The van der Waals surface area contributed by atoms with Crippen LogP contribution in [-0.2, 0) is 0 Å². The second-order valence-corrected chi connectivity index (χ2v) is 3.40. The molecule has 0 bridgehead atoms. The van der Waals surface area contributed by atoms with Gasteiger partial charge in [-0.15, -0.1) is 0 Å². The van der Waals surface area contributed by atoms with Gasteiger partial charge in [-0.05, 0) is 21.4 Å². The molecule has 5 heavy (non-hydrogen) atoms. The SMILES string of the molecule is ClSSCl.[C].